The van der Waals surface area contributed by atoms with Crippen molar-refractivity contribution in [1.82, 2.24) is 4.90 Å². The lowest BCUT2D eigenvalue weighted by atomic mass is 9.72. The van der Waals surface area contributed by atoms with Gasteiger partial charge in [0.15, 0.2) is 17.9 Å². The molecule has 4 N–H and O–H groups in total. The highest BCUT2D eigenvalue weighted by molar-refractivity contribution is 6.31. The maximum Gasteiger partial charge on any atom is 0.202 e. The molecule has 0 bridgehead atoms. The first-order chi connectivity index (χ1) is 21.4. The highest BCUT2D eigenvalue weighted by Crippen LogP contribution is 2.52. The van der Waals surface area contributed by atoms with E-state index in [0.29, 0.717) is 13.2 Å². The third kappa shape index (κ3) is 4.89. The molecule has 2 aliphatic carbocycles. The van der Waals surface area contributed by atoms with Crippen molar-refractivity contribution in [2.45, 2.75) is 75.4 Å². The molecule has 13 heteroatoms. The molecule has 0 aromatic heterocycles. The Hall–Kier alpha value is -3.90. The Bertz CT molecular complexity index is 1630. The van der Waals surface area contributed by atoms with Gasteiger partial charge in [-0.1, -0.05) is 12.1 Å². The van der Waals surface area contributed by atoms with Gasteiger partial charge in [-0.15, -0.1) is 0 Å². The zero-order valence-electron chi connectivity index (χ0n) is 25.0. The SMILES string of the molecule is COc1cccc2c1C(=O)c1c(O)c3c(c(O)c1C2=O)C[C@@](O)(C(C)=O)C[C@@H]3O[C@H]1C[C@H](N2CCOCC2C#N)[C@H](O)[C@H](C)O1. The number of hydrogen-bond acceptors (Lipinski definition) is 13. The van der Waals surface area contributed by atoms with Crippen molar-refractivity contribution in [3.05, 3.63) is 51.6 Å². The van der Waals surface area contributed by atoms with Crippen molar-refractivity contribution in [2.75, 3.05) is 26.9 Å². The predicted octanol–water partition coefficient (Wildman–Crippen LogP) is 1.29. The molecule has 2 aromatic carbocycles. The van der Waals surface area contributed by atoms with Crippen LogP contribution in [0.4, 0.5) is 0 Å². The van der Waals surface area contributed by atoms with Crippen LogP contribution in [0.25, 0.3) is 0 Å². The van der Waals surface area contributed by atoms with Crippen molar-refractivity contribution in [1.29, 1.82) is 5.26 Å². The number of benzene rings is 2. The van der Waals surface area contributed by atoms with E-state index in [4.69, 9.17) is 18.9 Å². The van der Waals surface area contributed by atoms with Crippen LogP contribution in [0.5, 0.6) is 17.2 Å². The first-order valence-corrected chi connectivity index (χ1v) is 14.7. The first-order valence-electron chi connectivity index (χ1n) is 14.7. The zero-order valence-corrected chi connectivity index (χ0v) is 25.0. The van der Waals surface area contributed by atoms with E-state index >= 15 is 0 Å². The molecule has 7 atom stereocenters. The lowest BCUT2D eigenvalue weighted by Gasteiger charge is -2.47. The predicted molar refractivity (Wildman–Crippen MR) is 153 cm³/mol. The summed E-state index contributed by atoms with van der Waals surface area (Å²) in [6.45, 7) is 3.74. The largest absolute Gasteiger partial charge is 0.507 e. The lowest BCUT2D eigenvalue weighted by Crippen LogP contribution is -2.60. The van der Waals surface area contributed by atoms with Crippen LogP contribution in [0.3, 0.4) is 0 Å². The van der Waals surface area contributed by atoms with Crippen LogP contribution in [-0.2, 0) is 25.4 Å². The summed E-state index contributed by atoms with van der Waals surface area (Å²) in [5.41, 5.74) is -3.19. The molecule has 0 spiro atoms. The number of phenolic OH excluding ortho intramolecular Hbond substituents is 2. The molecule has 2 aromatic rings. The number of aromatic hydroxyl groups is 2. The Labute approximate surface area is 258 Å². The van der Waals surface area contributed by atoms with Crippen molar-refractivity contribution in [2.24, 2.45) is 0 Å². The molecular formula is C32H34N2O11. The number of aliphatic hydroxyl groups is 2. The third-order valence-electron chi connectivity index (χ3n) is 9.47. The van der Waals surface area contributed by atoms with E-state index in [2.05, 4.69) is 6.07 Å². The summed E-state index contributed by atoms with van der Waals surface area (Å²) in [6.07, 6.45) is -4.80. The van der Waals surface area contributed by atoms with Crippen molar-refractivity contribution < 1.29 is 53.8 Å². The van der Waals surface area contributed by atoms with Gasteiger partial charge in [0.25, 0.3) is 0 Å². The Kier molecular flexibility index (Phi) is 7.93. The van der Waals surface area contributed by atoms with Crippen LogP contribution in [0.15, 0.2) is 18.2 Å². The highest BCUT2D eigenvalue weighted by Gasteiger charge is 2.50. The molecular weight excluding hydrogens is 588 g/mol. The average Bonchev–Trinajstić information content (AvgIpc) is 3.02. The number of fused-ring (bicyclic) bond motifs is 3. The number of carbonyl (C=O) groups excluding carboxylic acids is 3. The summed E-state index contributed by atoms with van der Waals surface area (Å²) in [4.78, 5) is 42.1. The maximum absolute atomic E-state index is 13.8. The number of ketones is 3. The van der Waals surface area contributed by atoms with Crippen molar-refractivity contribution in [3.63, 3.8) is 0 Å². The molecule has 0 amide bonds. The van der Waals surface area contributed by atoms with E-state index in [1.165, 1.54) is 32.2 Å². The van der Waals surface area contributed by atoms with Crippen LogP contribution >= 0.6 is 0 Å². The topological polar surface area (TPSA) is 196 Å². The summed E-state index contributed by atoms with van der Waals surface area (Å²) in [7, 11) is 1.34. The van der Waals surface area contributed by atoms with Crippen LogP contribution in [-0.4, -0.2) is 106 Å². The minimum Gasteiger partial charge on any atom is -0.507 e. The summed E-state index contributed by atoms with van der Waals surface area (Å²) in [5.74, 6) is -3.27. The molecule has 0 radical (unpaired) electrons. The molecule has 4 aliphatic rings. The van der Waals surface area contributed by atoms with E-state index in [9.17, 15) is 40.1 Å². The van der Waals surface area contributed by atoms with E-state index in [1.807, 2.05) is 4.90 Å². The monoisotopic (exact) mass is 622 g/mol. The molecule has 2 saturated heterocycles. The summed E-state index contributed by atoms with van der Waals surface area (Å²) in [6, 6.07) is 5.44. The lowest BCUT2D eigenvalue weighted by molar-refractivity contribution is -0.262. The van der Waals surface area contributed by atoms with Gasteiger partial charge in [-0.25, -0.2) is 0 Å². The number of phenols is 2. The van der Waals surface area contributed by atoms with Crippen LogP contribution in [0, 0.1) is 11.3 Å². The van der Waals surface area contributed by atoms with E-state index in [1.54, 1.807) is 6.92 Å². The van der Waals surface area contributed by atoms with E-state index in [0.717, 1.165) is 0 Å². The minimum atomic E-state index is -2.05. The number of carbonyl (C=O) groups is 3. The van der Waals surface area contributed by atoms with Gasteiger partial charge in [-0.2, -0.15) is 5.26 Å². The number of morpholine rings is 1. The highest BCUT2D eigenvalue weighted by atomic mass is 16.7. The van der Waals surface area contributed by atoms with E-state index in [-0.39, 0.29) is 47.5 Å². The molecule has 0 saturated carbocycles. The number of Topliss-reactive ketones (excluding diaryl/α,β-unsaturated/α-hetero) is 1. The Morgan fingerprint density at radius 1 is 1.16 bits per heavy atom. The number of rotatable bonds is 5. The summed E-state index contributed by atoms with van der Waals surface area (Å²) >= 11 is 0. The second-order valence-electron chi connectivity index (χ2n) is 12.0. The maximum atomic E-state index is 13.8. The van der Waals surface area contributed by atoms with Crippen LogP contribution < -0.4 is 4.74 Å². The Morgan fingerprint density at radius 3 is 2.58 bits per heavy atom. The van der Waals surface area contributed by atoms with Crippen molar-refractivity contribution >= 4 is 17.3 Å². The smallest absolute Gasteiger partial charge is 0.202 e. The normalized spacial score (nSPS) is 31.4. The molecule has 2 heterocycles. The second kappa shape index (κ2) is 11.5. The van der Waals surface area contributed by atoms with Crippen LogP contribution in [0.1, 0.15) is 75.8 Å². The van der Waals surface area contributed by atoms with Gasteiger partial charge in [-0.3, -0.25) is 19.3 Å². The van der Waals surface area contributed by atoms with Gasteiger partial charge in [0.2, 0.25) is 5.78 Å². The third-order valence-corrected chi connectivity index (χ3v) is 9.47. The van der Waals surface area contributed by atoms with Gasteiger partial charge >= 0.3 is 0 Å². The van der Waals surface area contributed by atoms with Gasteiger partial charge in [0.1, 0.15) is 28.9 Å². The number of nitriles is 1. The number of ether oxygens (including phenoxy) is 4. The number of methoxy groups -OCH3 is 1. The summed E-state index contributed by atoms with van der Waals surface area (Å²) in [5, 5.41) is 55.4. The van der Waals surface area contributed by atoms with E-state index < -0.39 is 88.7 Å². The standard InChI is InChI=1S/C32H34N2O11/c1-14-27(36)19(34-7-8-43-13-16(34)12-33)9-22(44-14)45-21-11-32(41,15(2)35)10-18-24(21)31(40)26-25(29(18)38)28(37)17-5-4-6-20(42-3)23(17)30(26)39/h4-6,14,16,19,21-22,27,36,38,40-41H,7-11,13H2,1-3H3/t14-,16?,19-,21-,22-,27+,32-/m0/s1. The van der Waals surface area contributed by atoms with Gasteiger partial charge in [0.05, 0.1) is 61.4 Å². The molecule has 2 fully saturated rings. The fourth-order valence-corrected chi connectivity index (χ4v) is 7.06. The molecule has 45 heavy (non-hydrogen) atoms. The Balaban J connectivity index is 1.44. The fraction of sp³-hybridized carbons (Fsp3) is 0.500. The average molecular weight is 623 g/mol. The number of hydrogen-bond donors (Lipinski definition) is 4. The van der Waals surface area contributed by atoms with Gasteiger partial charge in [-0.05, 0) is 19.9 Å². The van der Waals surface area contributed by atoms with Crippen LogP contribution in [0.2, 0.25) is 0 Å². The van der Waals surface area contributed by atoms with Crippen molar-refractivity contribution in [3.8, 4) is 23.3 Å². The molecule has 238 valence electrons. The number of aliphatic hydroxyl groups excluding tert-OH is 1. The molecule has 6 rings (SSSR count). The quantitative estimate of drug-likeness (QED) is 0.298. The second-order valence-corrected chi connectivity index (χ2v) is 12.0. The molecule has 2 aliphatic heterocycles. The first kappa shape index (κ1) is 31.1. The van der Waals surface area contributed by atoms with Gasteiger partial charge in [0, 0.05) is 48.5 Å². The molecule has 1 unspecified atom stereocenters. The fourth-order valence-electron chi connectivity index (χ4n) is 7.06. The van der Waals surface area contributed by atoms with Gasteiger partial charge < -0.3 is 39.4 Å². The zero-order chi connectivity index (χ0) is 32.4. The molecule has 13 nitrogen and oxygen atoms in total. The summed E-state index contributed by atoms with van der Waals surface area (Å²) < 4.78 is 23.1. The number of nitrogens with zero attached hydrogens (tertiary/aromatic N) is 2. The minimum absolute atomic E-state index is 0.0279. The Morgan fingerprint density at radius 2 is 1.89 bits per heavy atom.